The first-order chi connectivity index (χ1) is 9.70. The number of benzene rings is 1. The maximum atomic E-state index is 13.2. The van der Waals surface area contributed by atoms with Crippen molar-refractivity contribution in [1.29, 1.82) is 0 Å². The lowest BCUT2D eigenvalue weighted by molar-refractivity contribution is 0.540. The molecule has 2 atom stereocenters. The molecule has 114 valence electrons. The van der Waals surface area contributed by atoms with Crippen molar-refractivity contribution in [2.75, 3.05) is 0 Å². The van der Waals surface area contributed by atoms with Gasteiger partial charge in [-0.1, -0.05) is 18.5 Å². The maximum Gasteiger partial charge on any atom is 0.133 e. The summed E-state index contributed by atoms with van der Waals surface area (Å²) in [6.07, 6.45) is 0.615. The quantitative estimate of drug-likeness (QED) is 0.865. The van der Waals surface area contributed by atoms with Crippen LogP contribution in [0.5, 0.6) is 0 Å². The van der Waals surface area contributed by atoms with Crippen molar-refractivity contribution >= 4 is 33.5 Å². The summed E-state index contributed by atoms with van der Waals surface area (Å²) in [7, 11) is -1.42. The molecule has 2 aromatic rings. The molecule has 21 heavy (non-hydrogen) atoms. The van der Waals surface area contributed by atoms with Gasteiger partial charge in [0.05, 0.1) is 21.2 Å². The zero-order valence-corrected chi connectivity index (χ0v) is 13.8. The Hall–Kier alpha value is -1.04. The van der Waals surface area contributed by atoms with Crippen LogP contribution < -0.4 is 5.14 Å². The average molecular weight is 329 g/mol. The van der Waals surface area contributed by atoms with E-state index in [9.17, 15) is 8.60 Å². The molecule has 0 amide bonds. The van der Waals surface area contributed by atoms with E-state index in [4.69, 9.17) is 16.7 Å². The fourth-order valence-electron chi connectivity index (χ4n) is 2.41. The number of nitrogens with two attached hydrogens (primary N) is 1. The number of aromatic nitrogens is 1. The number of nitrogens with zero attached hydrogens (tertiary/aromatic N) is 1. The smallest absolute Gasteiger partial charge is 0.133 e. The molecule has 0 radical (unpaired) electrons. The van der Waals surface area contributed by atoms with E-state index in [0.29, 0.717) is 17.1 Å². The maximum absolute atomic E-state index is 13.2. The Balaban J connectivity index is 2.39. The monoisotopic (exact) mass is 328 g/mol. The van der Waals surface area contributed by atoms with Gasteiger partial charge in [0.1, 0.15) is 11.0 Å². The summed E-state index contributed by atoms with van der Waals surface area (Å²) < 4.78 is 24.3. The van der Waals surface area contributed by atoms with Crippen LogP contribution in [0.3, 0.4) is 0 Å². The summed E-state index contributed by atoms with van der Waals surface area (Å²) >= 11 is 6.22. The Kier molecular flexibility index (Phi) is 4.66. The highest BCUT2D eigenvalue weighted by Gasteiger charge is 2.27. The van der Waals surface area contributed by atoms with Gasteiger partial charge >= 0.3 is 0 Å². The van der Waals surface area contributed by atoms with E-state index in [1.807, 2.05) is 26.8 Å². The Morgan fingerprint density at radius 2 is 2.10 bits per heavy atom. The minimum absolute atomic E-state index is 0.0435. The second kappa shape index (κ2) is 5.99. The van der Waals surface area contributed by atoms with Crippen molar-refractivity contribution in [3.05, 3.63) is 40.8 Å². The van der Waals surface area contributed by atoms with Crippen LogP contribution in [0.25, 0.3) is 10.9 Å². The third-order valence-electron chi connectivity index (χ3n) is 3.63. The second-order valence-electron chi connectivity index (χ2n) is 5.87. The van der Waals surface area contributed by atoms with Crippen molar-refractivity contribution in [2.45, 2.75) is 37.9 Å². The first kappa shape index (κ1) is 16.3. The van der Waals surface area contributed by atoms with E-state index in [0.717, 1.165) is 10.9 Å². The van der Waals surface area contributed by atoms with Gasteiger partial charge in [-0.2, -0.15) is 0 Å². The predicted molar refractivity (Wildman–Crippen MR) is 86.2 cm³/mol. The average Bonchev–Trinajstić information content (AvgIpc) is 2.36. The highest BCUT2D eigenvalue weighted by atomic mass is 35.5. The van der Waals surface area contributed by atoms with E-state index in [1.54, 1.807) is 6.07 Å². The molecule has 2 rings (SSSR count). The highest BCUT2D eigenvalue weighted by molar-refractivity contribution is 7.84. The summed E-state index contributed by atoms with van der Waals surface area (Å²) in [6.45, 7) is 5.71. The summed E-state index contributed by atoms with van der Waals surface area (Å²) in [5, 5.41) is 6.70. The summed E-state index contributed by atoms with van der Waals surface area (Å²) in [4.78, 5) is 4.25. The number of halogens is 2. The molecule has 0 bridgehead atoms. The zero-order valence-electron chi connectivity index (χ0n) is 12.2. The van der Waals surface area contributed by atoms with Crippen molar-refractivity contribution in [2.24, 2.45) is 5.14 Å². The van der Waals surface area contributed by atoms with Gasteiger partial charge in [-0.25, -0.2) is 13.6 Å². The third kappa shape index (κ3) is 3.59. The van der Waals surface area contributed by atoms with Crippen molar-refractivity contribution in [3.63, 3.8) is 0 Å². The van der Waals surface area contributed by atoms with Crippen LogP contribution in [-0.4, -0.2) is 13.9 Å². The molecule has 0 saturated heterocycles. The number of rotatable bonds is 4. The summed E-state index contributed by atoms with van der Waals surface area (Å²) in [5.41, 5.74) is 1.38. The lowest BCUT2D eigenvalue weighted by Crippen LogP contribution is -2.33. The normalized spacial score (nSPS) is 15.1. The van der Waals surface area contributed by atoms with E-state index in [1.165, 1.54) is 12.1 Å². The molecule has 1 aromatic carbocycles. The second-order valence-corrected chi connectivity index (χ2v) is 7.93. The molecular formula is C15H18ClFN2OS. The van der Waals surface area contributed by atoms with E-state index in [-0.39, 0.29) is 11.7 Å². The largest absolute Gasteiger partial charge is 0.251 e. The fourth-order valence-corrected chi connectivity index (χ4v) is 3.15. The van der Waals surface area contributed by atoms with Crippen LogP contribution in [-0.2, 0) is 11.0 Å². The predicted octanol–water partition coefficient (Wildman–Crippen LogP) is 3.92. The van der Waals surface area contributed by atoms with Gasteiger partial charge in [0.15, 0.2) is 0 Å². The van der Waals surface area contributed by atoms with Crippen LogP contribution in [0.15, 0.2) is 24.3 Å². The number of pyridine rings is 1. The van der Waals surface area contributed by atoms with Crippen molar-refractivity contribution in [1.82, 2.24) is 4.98 Å². The lowest BCUT2D eigenvalue weighted by atomic mass is 9.91. The van der Waals surface area contributed by atoms with Gasteiger partial charge in [0, 0.05) is 11.5 Å². The lowest BCUT2D eigenvalue weighted by Gasteiger charge is -2.25. The molecule has 1 aromatic heterocycles. The SMILES string of the molecule is C[C@@H](CC(C)(C)S(N)=O)c1cc2ccc(F)cc2nc1Cl. The number of hydrogen-bond acceptors (Lipinski definition) is 2. The molecule has 2 N–H and O–H groups in total. The van der Waals surface area contributed by atoms with Gasteiger partial charge in [-0.05, 0) is 49.9 Å². The third-order valence-corrected chi connectivity index (χ3v) is 5.19. The van der Waals surface area contributed by atoms with E-state index in [2.05, 4.69) is 4.98 Å². The van der Waals surface area contributed by atoms with Crippen LogP contribution in [0.4, 0.5) is 4.39 Å². The van der Waals surface area contributed by atoms with E-state index >= 15 is 0 Å². The molecule has 0 fully saturated rings. The van der Waals surface area contributed by atoms with Gasteiger partial charge in [0.2, 0.25) is 0 Å². The first-order valence-corrected chi connectivity index (χ1v) is 8.22. The fraction of sp³-hybridized carbons (Fsp3) is 0.400. The van der Waals surface area contributed by atoms with Crippen LogP contribution in [0.1, 0.15) is 38.7 Å². The van der Waals surface area contributed by atoms with Crippen LogP contribution >= 0.6 is 11.6 Å². The standard InChI is InChI=1S/C15H18ClFN2OS/c1-9(8-15(2,3)21(18)20)12-6-10-4-5-11(17)7-13(10)19-14(12)16/h4-7,9H,8,18H2,1-3H3/t9-,21?/m0/s1. The topological polar surface area (TPSA) is 56.0 Å². The molecule has 1 unspecified atom stereocenters. The number of fused-ring (bicyclic) bond motifs is 1. The number of hydrogen-bond donors (Lipinski definition) is 1. The Morgan fingerprint density at radius 1 is 1.43 bits per heavy atom. The van der Waals surface area contributed by atoms with E-state index < -0.39 is 15.7 Å². The molecule has 1 heterocycles. The summed E-state index contributed by atoms with van der Waals surface area (Å²) in [5.74, 6) is -0.298. The van der Waals surface area contributed by atoms with Gasteiger partial charge in [-0.15, -0.1) is 0 Å². The minimum atomic E-state index is -1.42. The van der Waals surface area contributed by atoms with Crippen LogP contribution in [0, 0.1) is 5.82 Å². The Labute approximate surface area is 131 Å². The molecule has 0 aliphatic carbocycles. The molecule has 0 saturated carbocycles. The Bertz CT molecular complexity index is 705. The molecule has 0 aliphatic rings. The molecule has 3 nitrogen and oxygen atoms in total. The molecular weight excluding hydrogens is 311 g/mol. The highest BCUT2D eigenvalue weighted by Crippen LogP contribution is 2.33. The summed E-state index contributed by atoms with van der Waals surface area (Å²) in [6, 6.07) is 6.33. The van der Waals surface area contributed by atoms with Crippen molar-refractivity contribution < 1.29 is 8.60 Å². The van der Waals surface area contributed by atoms with Crippen LogP contribution in [0.2, 0.25) is 5.15 Å². The zero-order chi connectivity index (χ0) is 15.8. The van der Waals surface area contributed by atoms with Gasteiger partial charge in [0.25, 0.3) is 0 Å². The minimum Gasteiger partial charge on any atom is -0.251 e. The van der Waals surface area contributed by atoms with Gasteiger partial charge < -0.3 is 0 Å². The van der Waals surface area contributed by atoms with Crippen molar-refractivity contribution in [3.8, 4) is 0 Å². The molecule has 6 heteroatoms. The van der Waals surface area contributed by atoms with Gasteiger partial charge in [-0.3, -0.25) is 5.14 Å². The molecule has 0 aliphatic heterocycles. The molecule has 0 spiro atoms. The first-order valence-electron chi connectivity index (χ1n) is 6.62. The Morgan fingerprint density at radius 3 is 2.71 bits per heavy atom.